The molecule has 0 fully saturated rings. The average Bonchev–Trinajstić information content (AvgIpc) is 2.64. The molecule has 22 heteroatoms. The third kappa shape index (κ3) is 98.0. The summed E-state index contributed by atoms with van der Waals surface area (Å²) in [5.41, 5.74) is 0.220. The number of aliphatic hydroxyl groups excluding tert-OH is 1. The normalized spacial score (nSPS) is 7.73. The molecule has 0 saturated carbocycles. The van der Waals surface area contributed by atoms with E-state index in [1.165, 1.54) is 25.3 Å². The maximum absolute atomic E-state index is 10.1. The van der Waals surface area contributed by atoms with Crippen LogP contribution >= 0.6 is 0 Å². The zero-order chi connectivity index (χ0) is 24.5. The van der Waals surface area contributed by atoms with E-state index in [-0.39, 0.29) is 95.1 Å². The SMILES string of the molecule is CC(O)C(=O)O.N#C[O][Ag].O=C([O-])c1ccccc1.O=N[O-].O=S(=O)([O-])[O-].[Ag+].[Ag+].[Ag+].[Ag+].[O]=[Ag]. The second-order valence-electron chi connectivity index (χ2n) is 3.30. The van der Waals surface area contributed by atoms with Crippen molar-refractivity contribution < 1.29 is 181 Å². The van der Waals surface area contributed by atoms with Crippen molar-refractivity contribution in [1.82, 2.24) is 0 Å². The number of aliphatic carboxylic acids is 1. The Morgan fingerprint density at radius 3 is 1.42 bits per heavy atom. The summed E-state index contributed by atoms with van der Waals surface area (Å²) in [6, 6.07) is 8.06. The van der Waals surface area contributed by atoms with Gasteiger partial charge in [0.15, 0.2) is 0 Å². The Morgan fingerprint density at radius 2 is 1.33 bits per heavy atom. The number of hydrogen-bond donors (Lipinski definition) is 2. The Kier molecular flexibility index (Phi) is 83.0. The molecule has 33 heavy (non-hydrogen) atoms. The monoisotopic (exact) mass is 1050 g/mol. The van der Waals surface area contributed by atoms with Gasteiger partial charge in [0.2, 0.25) is 0 Å². The van der Waals surface area contributed by atoms with Gasteiger partial charge in [0.1, 0.15) is 6.10 Å². The Hall–Kier alpha value is 0.922. The minimum absolute atomic E-state index is 0. The van der Waals surface area contributed by atoms with E-state index in [1.807, 2.05) is 0 Å². The molecular formula is C11H11Ag6N2O13S. The molecule has 0 aromatic heterocycles. The second kappa shape index (κ2) is 46.3. The van der Waals surface area contributed by atoms with E-state index in [9.17, 15) is 14.7 Å². The van der Waals surface area contributed by atoms with Crippen LogP contribution in [0.15, 0.2) is 35.7 Å². The van der Waals surface area contributed by atoms with Gasteiger partial charge in [0, 0.05) is 10.4 Å². The van der Waals surface area contributed by atoms with E-state index in [0.717, 1.165) is 5.34 Å². The van der Waals surface area contributed by atoms with E-state index in [2.05, 4.69) is 24.7 Å². The molecule has 0 aliphatic heterocycles. The molecule has 0 aliphatic carbocycles. The molecule has 1 aromatic carbocycles. The van der Waals surface area contributed by atoms with Crippen LogP contribution in [-0.4, -0.2) is 45.8 Å². The van der Waals surface area contributed by atoms with Gasteiger partial charge in [-0.15, -0.1) is 5.34 Å². The summed E-state index contributed by atoms with van der Waals surface area (Å²) in [7, 11) is -5.17. The molecule has 0 heterocycles. The van der Waals surface area contributed by atoms with Gasteiger partial charge in [0.25, 0.3) is 0 Å². The Morgan fingerprint density at radius 1 is 1.12 bits per heavy atom. The molecule has 0 radical (unpaired) electrons. The van der Waals surface area contributed by atoms with Gasteiger partial charge in [-0.1, -0.05) is 30.3 Å². The van der Waals surface area contributed by atoms with Crippen molar-refractivity contribution in [1.29, 1.82) is 5.26 Å². The fourth-order valence-electron chi connectivity index (χ4n) is 0.574. The summed E-state index contributed by atoms with van der Waals surface area (Å²) in [6.07, 6.45) is 0.115. The molecular weight excluding hydrogens is 1050 g/mol. The van der Waals surface area contributed by atoms with Gasteiger partial charge in [-0.25, -0.2) is 4.79 Å². The van der Waals surface area contributed by atoms with Crippen LogP contribution in [0.2, 0.25) is 0 Å². The zero-order valence-corrected chi connectivity index (χ0v) is 24.7. The summed E-state index contributed by atoms with van der Waals surface area (Å²) in [6.45, 7) is 1.20. The number of carbonyl (C=O) groups is 2. The first-order valence-corrected chi connectivity index (χ1v) is 8.37. The van der Waals surface area contributed by atoms with Crippen molar-refractivity contribution in [2.45, 2.75) is 13.0 Å². The van der Waals surface area contributed by atoms with Crippen molar-refractivity contribution in [2.75, 3.05) is 0 Å². The fourth-order valence-corrected chi connectivity index (χ4v) is 0.574. The Balaban J connectivity index is -0.0000000310. The fraction of sp³-hybridized carbons (Fsp3) is 0.182. The van der Waals surface area contributed by atoms with Gasteiger partial charge in [-0.3, -0.25) is 8.42 Å². The molecule has 0 bridgehead atoms. The first-order valence-electron chi connectivity index (χ1n) is 5.83. The summed E-state index contributed by atoms with van der Waals surface area (Å²) in [4.78, 5) is 27.5. The topological polar surface area (TPSA) is 280 Å². The molecule has 1 unspecified atom stereocenters. The second-order valence-corrected chi connectivity index (χ2v) is 4.42. The molecule has 2 N–H and O–H groups in total. The third-order valence-electron chi connectivity index (χ3n) is 1.39. The van der Waals surface area contributed by atoms with Gasteiger partial charge in [-0.2, -0.15) is 0 Å². The molecule has 0 spiro atoms. The molecule has 215 valence electrons. The first-order chi connectivity index (χ1) is 13.3. The standard InChI is InChI=1S/C7H6O2.C3H6O3.CHNO.6Ag.HNO2.H2O4S.O/c8-7(9)6-4-2-1-3-5-6;1-2(4)3(5)6;2-1-3;;;;;;;2-1-3;1-5(2,3)4;/h1-5H,(H,8,9);2,4H,1H3,(H,5,6);3H;;;;;;;(H,2,3);(H2,1,2,3,4);/q;;;;5*+1;;;/p-5. The predicted molar refractivity (Wildman–Crippen MR) is 77.1 cm³/mol. The quantitative estimate of drug-likeness (QED) is 0.0829. The van der Waals surface area contributed by atoms with Gasteiger partial charge in [0.05, 0.1) is 5.97 Å². The molecule has 0 amide bonds. The Labute approximate surface area is 275 Å². The Bertz CT molecular complexity index is 684. The zero-order valence-electron chi connectivity index (χ0n) is 15.0. The van der Waals surface area contributed by atoms with Gasteiger partial charge >= 0.3 is 156 Å². The number of nitrogens with zero attached hydrogens (tertiary/aromatic N) is 2. The number of aliphatic hydroxyl groups is 1. The summed E-state index contributed by atoms with van der Waals surface area (Å²) < 4.78 is 45.8. The third-order valence-corrected chi connectivity index (χ3v) is 1.53. The van der Waals surface area contributed by atoms with Gasteiger partial charge in [-0.05, 0) is 12.5 Å². The molecule has 1 atom stereocenters. The van der Waals surface area contributed by atoms with E-state index in [0.29, 0.717) is 0 Å². The minimum atomic E-state index is -5.17. The van der Waals surface area contributed by atoms with Crippen LogP contribution in [0.1, 0.15) is 17.3 Å². The van der Waals surface area contributed by atoms with Crippen molar-refractivity contribution in [3.8, 4) is 6.26 Å². The maximum atomic E-state index is 10.1. The summed E-state index contributed by atoms with van der Waals surface area (Å²) in [5.74, 6) is -2.31. The number of aromatic carboxylic acids is 1. The number of carboxylic acids is 2. The van der Waals surface area contributed by atoms with E-state index in [1.54, 1.807) is 39.2 Å². The predicted octanol–water partition coefficient (Wildman–Crippen LogP) is -1.77. The van der Waals surface area contributed by atoms with E-state index in [4.69, 9.17) is 46.4 Å². The van der Waals surface area contributed by atoms with Crippen LogP contribution in [0.3, 0.4) is 0 Å². The van der Waals surface area contributed by atoms with Crippen LogP contribution < -0.4 is 5.11 Å². The van der Waals surface area contributed by atoms with E-state index >= 15 is 0 Å². The van der Waals surface area contributed by atoms with E-state index < -0.39 is 28.4 Å². The number of carbonyl (C=O) groups excluding carboxylic acids is 1. The van der Waals surface area contributed by atoms with Crippen LogP contribution in [0.5, 0.6) is 0 Å². The van der Waals surface area contributed by atoms with Crippen molar-refractivity contribution in [2.24, 2.45) is 5.34 Å². The number of nitriles is 1. The van der Waals surface area contributed by atoms with Crippen LogP contribution in [0, 0.1) is 21.6 Å². The first kappa shape index (κ1) is 59.2. The van der Waals surface area contributed by atoms with Crippen molar-refractivity contribution in [3.05, 3.63) is 46.0 Å². The van der Waals surface area contributed by atoms with Crippen LogP contribution in [0.25, 0.3) is 0 Å². The summed E-state index contributed by atoms with van der Waals surface area (Å²) >= 11 is 4.10. The summed E-state index contributed by atoms with van der Waals surface area (Å²) in [5, 5.41) is 42.2. The number of hydrogen-bond acceptors (Lipinski definition) is 14. The number of rotatable bonds is 2. The van der Waals surface area contributed by atoms with Crippen molar-refractivity contribution in [3.63, 3.8) is 0 Å². The van der Waals surface area contributed by atoms with Crippen molar-refractivity contribution >= 4 is 22.3 Å². The molecule has 0 saturated heterocycles. The number of benzene rings is 1. The molecule has 1 aromatic rings. The van der Waals surface area contributed by atoms with Gasteiger partial charge < -0.3 is 39.3 Å². The van der Waals surface area contributed by atoms with Crippen LogP contribution in [-0.2, 0) is 154 Å². The van der Waals surface area contributed by atoms with Crippen LogP contribution in [0.4, 0.5) is 0 Å². The molecule has 1 rings (SSSR count). The molecule has 15 nitrogen and oxygen atoms in total. The number of carboxylic acid groups (broad SMARTS) is 2. The average molecular weight is 1060 g/mol. The molecule has 0 aliphatic rings.